The van der Waals surface area contributed by atoms with Crippen LogP contribution in [0.5, 0.6) is 5.75 Å². The second kappa shape index (κ2) is 4.59. The van der Waals surface area contributed by atoms with E-state index in [4.69, 9.17) is 4.74 Å². The van der Waals surface area contributed by atoms with Crippen LogP contribution in [-0.2, 0) is 4.79 Å². The number of carbonyl (C=O) groups is 1. The fraction of sp³-hybridized carbons (Fsp3) is 0.357. The number of carbonyl (C=O) groups excluding carboxylic acids is 1. The molecule has 5 heteroatoms. The zero-order chi connectivity index (χ0) is 13.4. The first kappa shape index (κ1) is 12.0. The van der Waals surface area contributed by atoms with Gasteiger partial charge in [0.1, 0.15) is 11.8 Å². The van der Waals surface area contributed by atoms with Crippen molar-refractivity contribution in [1.29, 1.82) is 0 Å². The van der Waals surface area contributed by atoms with Gasteiger partial charge in [-0.3, -0.25) is 10.1 Å². The highest BCUT2D eigenvalue weighted by molar-refractivity contribution is 5.92. The second-order valence-corrected chi connectivity index (χ2v) is 4.72. The average molecular weight is 259 g/mol. The largest absolute Gasteiger partial charge is 0.495 e. The van der Waals surface area contributed by atoms with E-state index in [1.54, 1.807) is 7.11 Å². The van der Waals surface area contributed by atoms with Gasteiger partial charge in [0, 0.05) is 24.2 Å². The summed E-state index contributed by atoms with van der Waals surface area (Å²) in [5, 5.41) is 7.21. The lowest BCUT2D eigenvalue weighted by Crippen LogP contribution is -2.47. The number of amides is 1. The number of para-hydroxylation sites is 1. The zero-order valence-electron chi connectivity index (χ0n) is 11.0. The quantitative estimate of drug-likeness (QED) is 0.760. The molecule has 1 aromatic carbocycles. The molecular weight excluding hydrogens is 242 g/mol. The van der Waals surface area contributed by atoms with Crippen molar-refractivity contribution in [3.05, 3.63) is 29.5 Å². The third kappa shape index (κ3) is 1.86. The summed E-state index contributed by atoms with van der Waals surface area (Å²) < 4.78 is 5.36. The molecule has 3 rings (SSSR count). The molecule has 5 nitrogen and oxygen atoms in total. The van der Waals surface area contributed by atoms with Crippen molar-refractivity contribution < 1.29 is 9.53 Å². The Morgan fingerprint density at radius 2 is 2.16 bits per heavy atom. The van der Waals surface area contributed by atoms with Gasteiger partial charge in [-0.15, -0.1) is 0 Å². The van der Waals surface area contributed by atoms with Crippen LogP contribution < -0.4 is 15.4 Å². The van der Waals surface area contributed by atoms with Crippen molar-refractivity contribution in [3.63, 3.8) is 0 Å². The maximum Gasteiger partial charge on any atom is 0.243 e. The number of fused-ring (bicyclic) bond motifs is 1. The molecule has 1 aromatic heterocycles. The molecule has 1 aliphatic heterocycles. The predicted molar refractivity (Wildman–Crippen MR) is 73.3 cm³/mol. The number of aromatic nitrogens is 1. The first-order valence-electron chi connectivity index (χ1n) is 6.38. The summed E-state index contributed by atoms with van der Waals surface area (Å²) >= 11 is 0. The first-order chi connectivity index (χ1) is 9.22. The molecule has 0 bridgehead atoms. The van der Waals surface area contributed by atoms with E-state index >= 15 is 0 Å². The topological polar surface area (TPSA) is 66.2 Å². The van der Waals surface area contributed by atoms with E-state index in [9.17, 15) is 4.79 Å². The number of hydrogen-bond donors (Lipinski definition) is 3. The van der Waals surface area contributed by atoms with Crippen LogP contribution in [0.25, 0.3) is 10.9 Å². The summed E-state index contributed by atoms with van der Waals surface area (Å²) in [7, 11) is 1.65. The van der Waals surface area contributed by atoms with Crippen molar-refractivity contribution >= 4 is 16.8 Å². The summed E-state index contributed by atoms with van der Waals surface area (Å²) in [5.74, 6) is 0.808. The monoisotopic (exact) mass is 259 g/mol. The molecule has 0 radical (unpaired) electrons. The summed E-state index contributed by atoms with van der Waals surface area (Å²) in [6.07, 6.45) is 0. The Morgan fingerprint density at radius 1 is 1.32 bits per heavy atom. The molecular formula is C14H17N3O2. The summed E-state index contributed by atoms with van der Waals surface area (Å²) in [5.41, 5.74) is 2.94. The number of piperazine rings is 1. The van der Waals surface area contributed by atoms with Gasteiger partial charge in [0.25, 0.3) is 0 Å². The van der Waals surface area contributed by atoms with Crippen LogP contribution in [0.2, 0.25) is 0 Å². The van der Waals surface area contributed by atoms with Gasteiger partial charge >= 0.3 is 0 Å². The standard InChI is InChI=1S/C14H17N3O2/c1-8-9-4-3-5-10(19-2)12(9)17-11(8)13-14(18)16-7-6-15-13/h3-5,13,15,17H,6-7H2,1-2H3,(H,16,18). The summed E-state index contributed by atoms with van der Waals surface area (Å²) in [6, 6.07) is 5.59. The number of H-pyrrole nitrogens is 1. The minimum atomic E-state index is -0.314. The van der Waals surface area contributed by atoms with Gasteiger partial charge in [0.2, 0.25) is 5.91 Å². The van der Waals surface area contributed by atoms with E-state index in [1.165, 1.54) is 0 Å². The Kier molecular flexibility index (Phi) is 2.91. The van der Waals surface area contributed by atoms with E-state index in [2.05, 4.69) is 15.6 Å². The molecule has 19 heavy (non-hydrogen) atoms. The normalized spacial score (nSPS) is 19.5. The van der Waals surface area contributed by atoms with Crippen molar-refractivity contribution in [3.8, 4) is 5.75 Å². The van der Waals surface area contributed by atoms with E-state index in [1.807, 2.05) is 25.1 Å². The predicted octanol–water partition coefficient (Wildman–Crippen LogP) is 1.25. The lowest BCUT2D eigenvalue weighted by molar-refractivity contribution is -0.124. The summed E-state index contributed by atoms with van der Waals surface area (Å²) in [4.78, 5) is 15.3. The molecule has 2 aromatic rings. The Balaban J connectivity index is 2.14. The number of hydrogen-bond acceptors (Lipinski definition) is 3. The number of benzene rings is 1. The van der Waals surface area contributed by atoms with Crippen LogP contribution in [0.3, 0.4) is 0 Å². The molecule has 1 fully saturated rings. The van der Waals surface area contributed by atoms with Crippen molar-refractivity contribution in [2.24, 2.45) is 0 Å². The molecule has 2 heterocycles. The Labute approximate surface area is 111 Å². The van der Waals surface area contributed by atoms with Gasteiger partial charge in [-0.1, -0.05) is 12.1 Å². The third-order valence-corrected chi connectivity index (χ3v) is 3.64. The number of rotatable bonds is 2. The minimum Gasteiger partial charge on any atom is -0.495 e. The van der Waals surface area contributed by atoms with Gasteiger partial charge in [-0.2, -0.15) is 0 Å². The van der Waals surface area contributed by atoms with Crippen LogP contribution in [0.1, 0.15) is 17.3 Å². The average Bonchev–Trinajstić information content (AvgIpc) is 2.77. The SMILES string of the molecule is COc1cccc2c(C)c(C3NCCNC3=O)[nH]c12. The maximum atomic E-state index is 12.0. The fourth-order valence-corrected chi connectivity index (χ4v) is 2.63. The highest BCUT2D eigenvalue weighted by Gasteiger charge is 2.27. The Morgan fingerprint density at radius 3 is 2.89 bits per heavy atom. The number of aromatic amines is 1. The summed E-state index contributed by atoms with van der Waals surface area (Å²) in [6.45, 7) is 3.48. The van der Waals surface area contributed by atoms with Crippen LogP contribution in [0.15, 0.2) is 18.2 Å². The van der Waals surface area contributed by atoms with Crippen molar-refractivity contribution in [2.45, 2.75) is 13.0 Å². The smallest absolute Gasteiger partial charge is 0.243 e. The molecule has 100 valence electrons. The third-order valence-electron chi connectivity index (χ3n) is 3.64. The number of ether oxygens (including phenoxy) is 1. The first-order valence-corrected chi connectivity index (χ1v) is 6.38. The molecule has 1 atom stereocenters. The lowest BCUT2D eigenvalue weighted by atomic mass is 10.1. The molecule has 1 aliphatic rings. The molecule has 1 unspecified atom stereocenters. The van der Waals surface area contributed by atoms with E-state index in [0.717, 1.165) is 34.5 Å². The molecule has 0 aliphatic carbocycles. The fourth-order valence-electron chi connectivity index (χ4n) is 2.63. The second-order valence-electron chi connectivity index (χ2n) is 4.72. The van der Waals surface area contributed by atoms with Gasteiger partial charge in [0.05, 0.1) is 12.6 Å². The molecule has 3 N–H and O–H groups in total. The van der Waals surface area contributed by atoms with Crippen LogP contribution in [0, 0.1) is 6.92 Å². The number of nitrogens with one attached hydrogen (secondary N) is 3. The van der Waals surface area contributed by atoms with Crippen LogP contribution >= 0.6 is 0 Å². The van der Waals surface area contributed by atoms with E-state index in [-0.39, 0.29) is 11.9 Å². The van der Waals surface area contributed by atoms with Gasteiger partial charge in [-0.05, 0) is 18.6 Å². The van der Waals surface area contributed by atoms with Crippen molar-refractivity contribution in [2.75, 3.05) is 20.2 Å². The van der Waals surface area contributed by atoms with Crippen molar-refractivity contribution in [1.82, 2.24) is 15.6 Å². The zero-order valence-corrected chi connectivity index (χ0v) is 11.0. The number of aryl methyl sites for hydroxylation is 1. The highest BCUT2D eigenvalue weighted by Crippen LogP contribution is 2.32. The number of methoxy groups -OCH3 is 1. The Hall–Kier alpha value is -2.01. The van der Waals surface area contributed by atoms with Crippen LogP contribution in [0.4, 0.5) is 0 Å². The molecule has 1 saturated heterocycles. The van der Waals surface area contributed by atoms with E-state index in [0.29, 0.717) is 6.54 Å². The lowest BCUT2D eigenvalue weighted by Gasteiger charge is -2.23. The highest BCUT2D eigenvalue weighted by atomic mass is 16.5. The minimum absolute atomic E-state index is 0.0138. The van der Waals surface area contributed by atoms with Gasteiger partial charge in [-0.25, -0.2) is 0 Å². The van der Waals surface area contributed by atoms with Gasteiger partial charge in [0.15, 0.2) is 0 Å². The van der Waals surface area contributed by atoms with Gasteiger partial charge < -0.3 is 15.0 Å². The maximum absolute atomic E-state index is 12.0. The Bertz CT molecular complexity index is 633. The van der Waals surface area contributed by atoms with E-state index < -0.39 is 0 Å². The van der Waals surface area contributed by atoms with Crippen LogP contribution in [-0.4, -0.2) is 31.1 Å². The molecule has 0 spiro atoms. The molecule has 0 saturated carbocycles. The molecule has 1 amide bonds.